The summed E-state index contributed by atoms with van der Waals surface area (Å²) in [4.78, 5) is 17.7. The molecule has 0 saturated carbocycles. The van der Waals surface area contributed by atoms with E-state index in [1.54, 1.807) is 7.11 Å². The molecule has 5 nitrogen and oxygen atoms in total. The van der Waals surface area contributed by atoms with Crippen LogP contribution in [0.5, 0.6) is 11.5 Å². The average molecular weight is 344 g/mol. The summed E-state index contributed by atoms with van der Waals surface area (Å²) >= 11 is 0. The van der Waals surface area contributed by atoms with Crippen molar-refractivity contribution >= 4 is 5.91 Å². The normalized spacial score (nSPS) is 28.6. The molecule has 3 aliphatic rings. The maximum absolute atomic E-state index is 13.0. The lowest BCUT2D eigenvalue weighted by molar-refractivity contribution is 0.0753. The summed E-state index contributed by atoms with van der Waals surface area (Å²) in [5, 5.41) is 0. The molecule has 136 valence electrons. The summed E-state index contributed by atoms with van der Waals surface area (Å²) in [5.41, 5.74) is 0.695. The van der Waals surface area contributed by atoms with Gasteiger partial charge < -0.3 is 14.4 Å². The molecule has 0 bridgehead atoms. The van der Waals surface area contributed by atoms with E-state index in [0.29, 0.717) is 41.5 Å². The van der Waals surface area contributed by atoms with E-state index in [2.05, 4.69) is 9.80 Å². The Morgan fingerprint density at radius 1 is 1.20 bits per heavy atom. The lowest BCUT2D eigenvalue weighted by Crippen LogP contribution is -2.40. The average Bonchev–Trinajstić information content (AvgIpc) is 3.19. The van der Waals surface area contributed by atoms with Crippen molar-refractivity contribution in [2.75, 3.05) is 39.9 Å². The first-order valence-corrected chi connectivity index (χ1v) is 9.55. The summed E-state index contributed by atoms with van der Waals surface area (Å²) < 4.78 is 10.9. The zero-order valence-corrected chi connectivity index (χ0v) is 15.2. The van der Waals surface area contributed by atoms with E-state index in [9.17, 15) is 4.79 Å². The number of fused-ring (bicyclic) bond motifs is 3. The van der Waals surface area contributed by atoms with Gasteiger partial charge in [0.05, 0.1) is 13.7 Å². The van der Waals surface area contributed by atoms with Crippen molar-refractivity contribution in [1.29, 1.82) is 0 Å². The van der Waals surface area contributed by atoms with Gasteiger partial charge in [-0.05, 0) is 56.3 Å². The monoisotopic (exact) mass is 344 g/mol. The number of nitrogens with zero attached hydrogens (tertiary/aromatic N) is 2. The Morgan fingerprint density at radius 2 is 2.08 bits per heavy atom. The number of hydrogen-bond acceptors (Lipinski definition) is 4. The second kappa shape index (κ2) is 6.87. The van der Waals surface area contributed by atoms with E-state index >= 15 is 0 Å². The van der Waals surface area contributed by atoms with Crippen molar-refractivity contribution in [3.63, 3.8) is 0 Å². The van der Waals surface area contributed by atoms with Gasteiger partial charge in [-0.3, -0.25) is 9.69 Å². The first-order chi connectivity index (χ1) is 12.2. The maximum Gasteiger partial charge on any atom is 0.254 e. The van der Waals surface area contributed by atoms with Crippen LogP contribution in [0.3, 0.4) is 0 Å². The predicted molar refractivity (Wildman–Crippen MR) is 96.3 cm³/mol. The minimum atomic E-state index is 0.123. The zero-order chi connectivity index (χ0) is 17.4. The van der Waals surface area contributed by atoms with E-state index in [1.165, 1.54) is 32.4 Å². The molecule has 1 aromatic rings. The van der Waals surface area contributed by atoms with Gasteiger partial charge in [-0.15, -0.1) is 0 Å². The first-order valence-electron chi connectivity index (χ1n) is 9.55. The van der Waals surface area contributed by atoms with E-state index in [0.717, 1.165) is 13.1 Å². The molecule has 0 aliphatic carbocycles. The highest BCUT2D eigenvalue weighted by Gasteiger charge is 2.48. The molecule has 5 heteroatoms. The molecule has 3 aliphatic heterocycles. The Hall–Kier alpha value is -1.75. The molecule has 3 saturated heterocycles. The summed E-state index contributed by atoms with van der Waals surface area (Å²) in [6.45, 7) is 6.74. The lowest BCUT2D eigenvalue weighted by Gasteiger charge is -2.33. The molecule has 1 amide bonds. The van der Waals surface area contributed by atoms with Gasteiger partial charge in [-0.2, -0.15) is 0 Å². The molecule has 0 spiro atoms. The molecule has 4 rings (SSSR count). The highest BCUT2D eigenvalue weighted by molar-refractivity contribution is 5.95. The molecule has 0 unspecified atom stereocenters. The summed E-state index contributed by atoms with van der Waals surface area (Å²) in [6.07, 6.45) is 3.99. The number of methoxy groups -OCH3 is 1. The molecular formula is C20H28N2O3. The summed E-state index contributed by atoms with van der Waals surface area (Å²) in [7, 11) is 1.62. The van der Waals surface area contributed by atoms with Crippen LogP contribution in [-0.4, -0.2) is 61.6 Å². The molecule has 3 heterocycles. The number of carbonyl (C=O) groups is 1. The van der Waals surface area contributed by atoms with Gasteiger partial charge >= 0.3 is 0 Å². The third-order valence-electron chi connectivity index (χ3n) is 6.12. The minimum absolute atomic E-state index is 0.123. The van der Waals surface area contributed by atoms with Crippen LogP contribution >= 0.6 is 0 Å². The fourth-order valence-electron chi connectivity index (χ4n) is 4.98. The van der Waals surface area contributed by atoms with E-state index in [4.69, 9.17) is 9.47 Å². The van der Waals surface area contributed by atoms with Crippen LogP contribution in [0, 0.1) is 11.8 Å². The Kier molecular flexibility index (Phi) is 4.59. The minimum Gasteiger partial charge on any atom is -0.493 e. The molecule has 0 aromatic heterocycles. The van der Waals surface area contributed by atoms with Crippen molar-refractivity contribution in [1.82, 2.24) is 9.80 Å². The van der Waals surface area contributed by atoms with Crippen LogP contribution in [-0.2, 0) is 0 Å². The Labute approximate surface area is 149 Å². The first kappa shape index (κ1) is 16.7. The molecular weight excluding hydrogens is 316 g/mol. The Bertz CT molecular complexity index is 648. The lowest BCUT2D eigenvalue weighted by atomic mass is 9.90. The highest BCUT2D eigenvalue weighted by atomic mass is 16.5. The second-order valence-electron chi connectivity index (χ2n) is 7.49. The van der Waals surface area contributed by atoms with Crippen LogP contribution in [0.2, 0.25) is 0 Å². The van der Waals surface area contributed by atoms with Crippen LogP contribution in [0.15, 0.2) is 18.2 Å². The number of piperidine rings is 1. The van der Waals surface area contributed by atoms with Crippen molar-refractivity contribution < 1.29 is 14.3 Å². The van der Waals surface area contributed by atoms with Gasteiger partial charge in [-0.25, -0.2) is 0 Å². The fourth-order valence-corrected chi connectivity index (χ4v) is 4.98. The van der Waals surface area contributed by atoms with Crippen molar-refractivity contribution in [3.8, 4) is 11.5 Å². The fraction of sp³-hybridized carbons (Fsp3) is 0.650. The summed E-state index contributed by atoms with van der Waals surface area (Å²) in [6, 6.07) is 6.21. The Balaban J connectivity index is 1.47. The van der Waals surface area contributed by atoms with Gasteiger partial charge in [0.1, 0.15) is 0 Å². The standard InChI is InChI=1S/C20H28N2O3/c1-3-25-18-8-7-14(10-19(18)24-2)20(23)22-12-15-11-21-9-5-4-6-17(21)16(15)13-22/h7-8,10,15-17H,3-6,9,11-13H2,1-2H3/t15-,16+,17-/m0/s1. The number of hydrogen-bond donors (Lipinski definition) is 0. The van der Waals surface area contributed by atoms with Gasteiger partial charge in [0.2, 0.25) is 0 Å². The van der Waals surface area contributed by atoms with Crippen molar-refractivity contribution in [3.05, 3.63) is 23.8 Å². The number of amides is 1. The topological polar surface area (TPSA) is 42.0 Å². The van der Waals surface area contributed by atoms with Gasteiger partial charge in [0.25, 0.3) is 5.91 Å². The van der Waals surface area contributed by atoms with E-state index < -0.39 is 0 Å². The smallest absolute Gasteiger partial charge is 0.254 e. The van der Waals surface area contributed by atoms with Crippen molar-refractivity contribution in [2.45, 2.75) is 32.2 Å². The molecule has 3 atom stereocenters. The third-order valence-corrected chi connectivity index (χ3v) is 6.12. The quantitative estimate of drug-likeness (QED) is 0.842. The molecule has 1 aromatic carbocycles. The van der Waals surface area contributed by atoms with E-state index in [1.807, 2.05) is 25.1 Å². The largest absolute Gasteiger partial charge is 0.493 e. The van der Waals surface area contributed by atoms with E-state index in [-0.39, 0.29) is 5.91 Å². The van der Waals surface area contributed by atoms with Crippen LogP contribution in [0.25, 0.3) is 0 Å². The number of likely N-dealkylation sites (tertiary alicyclic amines) is 1. The molecule has 0 radical (unpaired) electrons. The summed E-state index contributed by atoms with van der Waals surface area (Å²) in [5.74, 6) is 2.76. The van der Waals surface area contributed by atoms with Gasteiger partial charge in [0, 0.05) is 31.2 Å². The van der Waals surface area contributed by atoms with Gasteiger partial charge in [0.15, 0.2) is 11.5 Å². The second-order valence-corrected chi connectivity index (χ2v) is 7.49. The van der Waals surface area contributed by atoms with Crippen LogP contribution in [0.4, 0.5) is 0 Å². The number of ether oxygens (including phenoxy) is 2. The van der Waals surface area contributed by atoms with Crippen LogP contribution < -0.4 is 9.47 Å². The SMILES string of the molecule is CCOc1ccc(C(=O)N2C[C@@H]3CN4CCCC[C@H]4[C@@H]3C2)cc1OC. The van der Waals surface area contributed by atoms with Crippen molar-refractivity contribution in [2.24, 2.45) is 11.8 Å². The Morgan fingerprint density at radius 3 is 2.88 bits per heavy atom. The molecule has 0 N–H and O–H groups in total. The number of benzene rings is 1. The molecule has 25 heavy (non-hydrogen) atoms. The molecule has 3 fully saturated rings. The zero-order valence-electron chi connectivity index (χ0n) is 15.2. The number of rotatable bonds is 4. The predicted octanol–water partition coefficient (Wildman–Crippen LogP) is 2.65. The number of carbonyl (C=O) groups excluding carboxylic acids is 1. The third kappa shape index (κ3) is 2.99. The maximum atomic E-state index is 13.0. The van der Waals surface area contributed by atoms with Gasteiger partial charge in [-0.1, -0.05) is 6.42 Å². The highest BCUT2D eigenvalue weighted by Crippen LogP contribution is 2.41. The van der Waals surface area contributed by atoms with Crippen LogP contribution in [0.1, 0.15) is 36.5 Å².